The number of halogens is 1. The maximum absolute atomic E-state index is 13.3. The third kappa shape index (κ3) is 1.56. The Morgan fingerprint density at radius 2 is 2.40 bits per heavy atom. The average molecular weight is 211 g/mol. The molecule has 80 valence electrons. The molecule has 0 radical (unpaired) electrons. The second kappa shape index (κ2) is 3.34. The van der Waals surface area contributed by atoms with Crippen LogP contribution in [0.2, 0.25) is 0 Å². The molecular formula is C8H10FN5O. The molecule has 1 aliphatic heterocycles. The summed E-state index contributed by atoms with van der Waals surface area (Å²) in [4.78, 5) is 19.7. The molecule has 1 fully saturated rings. The number of amides is 1. The quantitative estimate of drug-likeness (QED) is 0.671. The number of aromatic nitrogens is 2. The first-order valence-corrected chi connectivity index (χ1v) is 4.43. The summed E-state index contributed by atoms with van der Waals surface area (Å²) in [5.74, 6) is -1.08. The molecule has 1 atom stereocenters. The van der Waals surface area contributed by atoms with Crippen LogP contribution < -0.4 is 16.4 Å². The average Bonchev–Trinajstić information content (AvgIpc) is 2.08. The second-order valence-electron chi connectivity index (χ2n) is 3.30. The molecule has 2 rings (SSSR count). The number of carbonyl (C=O) groups is 1. The zero-order chi connectivity index (χ0) is 11.0. The van der Waals surface area contributed by atoms with Crippen molar-refractivity contribution in [3.63, 3.8) is 0 Å². The summed E-state index contributed by atoms with van der Waals surface area (Å²) in [5, 5.41) is 0. The molecule has 1 aromatic rings. The lowest BCUT2D eigenvalue weighted by molar-refractivity contribution is -0.120. The maximum atomic E-state index is 13.3. The predicted octanol–water partition coefficient (Wildman–Crippen LogP) is -0.738. The van der Waals surface area contributed by atoms with E-state index in [9.17, 15) is 9.18 Å². The Labute approximate surface area is 85.1 Å². The van der Waals surface area contributed by atoms with Gasteiger partial charge in [0.15, 0.2) is 11.6 Å². The van der Waals surface area contributed by atoms with Crippen molar-refractivity contribution in [2.45, 2.75) is 12.5 Å². The molecule has 0 bridgehead atoms. The van der Waals surface area contributed by atoms with Crippen LogP contribution in [0.25, 0.3) is 0 Å². The van der Waals surface area contributed by atoms with Crippen LogP contribution in [0.4, 0.5) is 16.2 Å². The summed E-state index contributed by atoms with van der Waals surface area (Å²) in [7, 11) is 0. The first-order valence-electron chi connectivity index (χ1n) is 4.43. The number of primary amides is 1. The number of carbonyl (C=O) groups excluding carboxylic acids is 1. The number of nitrogens with zero attached hydrogens (tertiary/aromatic N) is 3. The van der Waals surface area contributed by atoms with Crippen LogP contribution in [-0.2, 0) is 4.79 Å². The fraction of sp³-hybridized carbons (Fsp3) is 0.375. The zero-order valence-corrected chi connectivity index (χ0v) is 7.85. The molecule has 4 N–H and O–H groups in total. The minimum Gasteiger partial charge on any atom is -0.368 e. The molecule has 0 aliphatic carbocycles. The molecule has 15 heavy (non-hydrogen) atoms. The highest BCUT2D eigenvalue weighted by molar-refractivity contribution is 5.85. The Morgan fingerprint density at radius 1 is 1.67 bits per heavy atom. The fourth-order valence-electron chi connectivity index (χ4n) is 1.51. The van der Waals surface area contributed by atoms with E-state index in [1.165, 1.54) is 4.90 Å². The lowest BCUT2D eigenvalue weighted by Crippen LogP contribution is -2.55. The van der Waals surface area contributed by atoms with Gasteiger partial charge in [0.2, 0.25) is 11.9 Å². The molecule has 6 nitrogen and oxygen atoms in total. The molecule has 1 amide bonds. The summed E-state index contributed by atoms with van der Waals surface area (Å²) in [5.41, 5.74) is 10.5. The van der Waals surface area contributed by atoms with Crippen LogP contribution in [0.5, 0.6) is 0 Å². The van der Waals surface area contributed by atoms with Crippen LogP contribution in [0.15, 0.2) is 6.20 Å². The summed E-state index contributed by atoms with van der Waals surface area (Å²) in [6.07, 6.45) is 1.59. The monoisotopic (exact) mass is 211 g/mol. The van der Waals surface area contributed by atoms with Gasteiger partial charge >= 0.3 is 0 Å². The second-order valence-corrected chi connectivity index (χ2v) is 3.30. The Bertz CT molecular complexity index is 410. The highest BCUT2D eigenvalue weighted by Crippen LogP contribution is 2.26. The third-order valence-corrected chi connectivity index (χ3v) is 2.36. The minimum atomic E-state index is -0.602. The molecule has 2 heterocycles. The molecule has 7 heteroatoms. The van der Waals surface area contributed by atoms with E-state index in [4.69, 9.17) is 11.5 Å². The first-order chi connectivity index (χ1) is 7.09. The Balaban J connectivity index is 2.30. The van der Waals surface area contributed by atoms with Gasteiger partial charge in [0.25, 0.3) is 0 Å². The standard InChI is InChI=1S/C8H10FN5O/c9-4-3-12-8(11)13-7(4)14-2-1-5(14)6(10)15/h3,5H,1-2H2,(H2,10,15)(H2,11,12,13). The lowest BCUT2D eigenvalue weighted by Gasteiger charge is -2.39. The molecule has 0 aromatic carbocycles. The first kappa shape index (κ1) is 9.63. The van der Waals surface area contributed by atoms with Crippen LogP contribution in [0.1, 0.15) is 6.42 Å². The molecule has 1 aliphatic rings. The molecule has 1 saturated heterocycles. The number of hydrogen-bond donors (Lipinski definition) is 2. The van der Waals surface area contributed by atoms with Gasteiger partial charge in [-0.2, -0.15) is 4.98 Å². The van der Waals surface area contributed by atoms with Gasteiger partial charge in [0.05, 0.1) is 6.20 Å². The van der Waals surface area contributed by atoms with Crippen molar-refractivity contribution < 1.29 is 9.18 Å². The van der Waals surface area contributed by atoms with Crippen LogP contribution in [-0.4, -0.2) is 28.5 Å². The van der Waals surface area contributed by atoms with Crippen LogP contribution in [0, 0.1) is 5.82 Å². The van der Waals surface area contributed by atoms with E-state index in [0.29, 0.717) is 13.0 Å². The van der Waals surface area contributed by atoms with Crippen molar-refractivity contribution in [2.24, 2.45) is 5.73 Å². The smallest absolute Gasteiger partial charge is 0.240 e. The van der Waals surface area contributed by atoms with E-state index in [1.807, 2.05) is 0 Å². The van der Waals surface area contributed by atoms with Gasteiger partial charge in [-0.15, -0.1) is 0 Å². The molecule has 1 unspecified atom stereocenters. The Morgan fingerprint density at radius 3 is 2.93 bits per heavy atom. The fourth-order valence-corrected chi connectivity index (χ4v) is 1.51. The summed E-state index contributed by atoms with van der Waals surface area (Å²) < 4.78 is 13.3. The summed E-state index contributed by atoms with van der Waals surface area (Å²) >= 11 is 0. The number of hydrogen-bond acceptors (Lipinski definition) is 5. The largest absolute Gasteiger partial charge is 0.368 e. The predicted molar refractivity (Wildman–Crippen MR) is 51.3 cm³/mol. The van der Waals surface area contributed by atoms with Crippen molar-refractivity contribution in [1.82, 2.24) is 9.97 Å². The topological polar surface area (TPSA) is 98.1 Å². The number of anilines is 2. The highest BCUT2D eigenvalue weighted by atomic mass is 19.1. The zero-order valence-electron chi connectivity index (χ0n) is 7.85. The highest BCUT2D eigenvalue weighted by Gasteiger charge is 2.35. The van der Waals surface area contributed by atoms with Gasteiger partial charge in [-0.05, 0) is 6.42 Å². The molecular weight excluding hydrogens is 201 g/mol. The summed E-state index contributed by atoms with van der Waals surface area (Å²) in [6, 6.07) is -0.492. The van der Waals surface area contributed by atoms with E-state index in [0.717, 1.165) is 6.20 Å². The molecule has 0 saturated carbocycles. The van der Waals surface area contributed by atoms with E-state index in [2.05, 4.69) is 9.97 Å². The number of nitrogen functional groups attached to an aromatic ring is 1. The molecule has 0 spiro atoms. The normalized spacial score (nSPS) is 19.8. The van der Waals surface area contributed by atoms with Gasteiger partial charge < -0.3 is 16.4 Å². The summed E-state index contributed by atoms with van der Waals surface area (Å²) in [6.45, 7) is 0.543. The Kier molecular flexibility index (Phi) is 2.14. The van der Waals surface area contributed by atoms with Crippen LogP contribution >= 0.6 is 0 Å². The van der Waals surface area contributed by atoms with Crippen molar-refractivity contribution >= 4 is 17.7 Å². The molecule has 1 aromatic heterocycles. The van der Waals surface area contributed by atoms with Gasteiger partial charge in [-0.3, -0.25) is 4.79 Å². The van der Waals surface area contributed by atoms with Crippen molar-refractivity contribution in [1.29, 1.82) is 0 Å². The number of nitrogens with two attached hydrogens (primary N) is 2. The van der Waals surface area contributed by atoms with E-state index in [-0.39, 0.29) is 11.8 Å². The van der Waals surface area contributed by atoms with E-state index in [1.54, 1.807) is 0 Å². The van der Waals surface area contributed by atoms with Crippen molar-refractivity contribution in [2.75, 3.05) is 17.2 Å². The van der Waals surface area contributed by atoms with E-state index >= 15 is 0 Å². The van der Waals surface area contributed by atoms with Gasteiger partial charge in [-0.25, -0.2) is 9.37 Å². The maximum Gasteiger partial charge on any atom is 0.240 e. The Hall–Kier alpha value is -1.92. The van der Waals surface area contributed by atoms with Crippen molar-refractivity contribution in [3.8, 4) is 0 Å². The number of rotatable bonds is 2. The minimum absolute atomic E-state index is 0.0264. The van der Waals surface area contributed by atoms with Gasteiger partial charge in [0.1, 0.15) is 6.04 Å². The van der Waals surface area contributed by atoms with Gasteiger partial charge in [0, 0.05) is 6.54 Å². The van der Waals surface area contributed by atoms with E-state index < -0.39 is 17.8 Å². The van der Waals surface area contributed by atoms with Crippen molar-refractivity contribution in [3.05, 3.63) is 12.0 Å². The van der Waals surface area contributed by atoms with Gasteiger partial charge in [-0.1, -0.05) is 0 Å². The third-order valence-electron chi connectivity index (χ3n) is 2.36. The van der Waals surface area contributed by atoms with Crippen LogP contribution in [0.3, 0.4) is 0 Å². The SMILES string of the molecule is NC(=O)C1CCN1c1nc(N)ncc1F. The lowest BCUT2D eigenvalue weighted by atomic mass is 10.0.